The van der Waals surface area contributed by atoms with Gasteiger partial charge in [0.2, 0.25) is 12.3 Å². The van der Waals surface area contributed by atoms with Gasteiger partial charge in [-0.15, -0.1) is 0 Å². The first-order valence-electron chi connectivity index (χ1n) is 12.2. The predicted octanol–water partition coefficient (Wildman–Crippen LogP) is 4.68. The summed E-state index contributed by atoms with van der Waals surface area (Å²) in [4.78, 5) is 30.2. The minimum absolute atomic E-state index is 0. The number of hydrogen-bond acceptors (Lipinski definition) is 6. The molecule has 0 bridgehead atoms. The molecule has 2 aromatic carbocycles. The minimum atomic E-state index is -0.0748. The molecule has 2 aliphatic rings. The summed E-state index contributed by atoms with van der Waals surface area (Å²) in [6.45, 7) is 2.00. The van der Waals surface area contributed by atoms with Crippen LogP contribution in [0, 0.1) is 0 Å². The Morgan fingerprint density at radius 2 is 1.97 bits per heavy atom. The molecule has 1 aromatic heterocycles. The number of para-hydroxylation sites is 2. The number of amides is 2. The second kappa shape index (κ2) is 11.8. The molecule has 188 valence electrons. The number of oxazole rings is 1. The van der Waals surface area contributed by atoms with Crippen LogP contribution in [0.2, 0.25) is 0 Å². The van der Waals surface area contributed by atoms with E-state index in [2.05, 4.69) is 10.3 Å². The van der Waals surface area contributed by atoms with Gasteiger partial charge in [0.15, 0.2) is 5.58 Å². The highest BCUT2D eigenvalue weighted by Gasteiger charge is 2.28. The first kappa shape index (κ1) is 24.7. The van der Waals surface area contributed by atoms with Crippen molar-refractivity contribution in [2.75, 3.05) is 27.4 Å². The molecule has 35 heavy (non-hydrogen) atoms. The third-order valence-corrected chi connectivity index (χ3v) is 6.62. The molecule has 0 radical (unpaired) electrons. The maximum absolute atomic E-state index is 13.1. The van der Waals surface area contributed by atoms with Crippen molar-refractivity contribution in [3.63, 3.8) is 0 Å². The minimum Gasteiger partial charge on any atom is -0.496 e. The summed E-state index contributed by atoms with van der Waals surface area (Å²) >= 11 is 0. The number of methoxy groups -OCH3 is 1. The molecule has 2 amide bonds. The summed E-state index contributed by atoms with van der Waals surface area (Å²) in [5.41, 5.74) is 2.70. The van der Waals surface area contributed by atoms with Crippen LogP contribution >= 0.6 is 0 Å². The van der Waals surface area contributed by atoms with Crippen LogP contribution in [0.1, 0.15) is 50.3 Å². The van der Waals surface area contributed by atoms with E-state index in [1.807, 2.05) is 37.4 Å². The molecule has 1 N–H and O–H groups in total. The first-order valence-corrected chi connectivity index (χ1v) is 12.2. The topological polar surface area (TPSA) is 93.9 Å². The normalized spacial score (nSPS) is 19.5. The van der Waals surface area contributed by atoms with Crippen molar-refractivity contribution in [1.29, 1.82) is 0 Å². The number of nitrogens with one attached hydrogen (secondary N) is 1. The number of carbonyl (C=O) groups excluding carboxylic acids is 2. The molecule has 0 unspecified atom stereocenters. The molecular formula is C27H35N3O5. The van der Waals surface area contributed by atoms with Crippen LogP contribution < -0.4 is 10.1 Å². The zero-order chi connectivity index (χ0) is 24.6. The summed E-state index contributed by atoms with van der Waals surface area (Å²) in [5, 5.41) is 2.85. The van der Waals surface area contributed by atoms with Crippen LogP contribution in [0.25, 0.3) is 22.6 Å². The molecule has 2 fully saturated rings. The fraction of sp³-hybridized carbons (Fsp3) is 0.444. The molecule has 5 rings (SSSR count). The van der Waals surface area contributed by atoms with E-state index in [1.54, 1.807) is 24.1 Å². The highest BCUT2D eigenvalue weighted by atomic mass is 16.5. The number of aromatic nitrogens is 1. The smallest absolute Gasteiger partial charge is 0.253 e. The number of rotatable bonds is 6. The summed E-state index contributed by atoms with van der Waals surface area (Å²) in [7, 11) is 3.38. The molecule has 1 aliphatic carbocycles. The third kappa shape index (κ3) is 6.00. The predicted molar refractivity (Wildman–Crippen MR) is 136 cm³/mol. The number of benzene rings is 2. The van der Waals surface area contributed by atoms with Gasteiger partial charge < -0.3 is 24.1 Å². The van der Waals surface area contributed by atoms with E-state index in [0.717, 1.165) is 50.8 Å². The fourth-order valence-electron chi connectivity index (χ4n) is 4.63. The van der Waals surface area contributed by atoms with Crippen molar-refractivity contribution in [3.8, 4) is 17.2 Å². The second-order valence-corrected chi connectivity index (χ2v) is 8.94. The van der Waals surface area contributed by atoms with Crippen molar-refractivity contribution in [3.05, 3.63) is 48.0 Å². The molecule has 8 nitrogen and oxygen atoms in total. The lowest BCUT2D eigenvalue weighted by atomic mass is 9.90. The van der Waals surface area contributed by atoms with Crippen molar-refractivity contribution in [2.24, 2.45) is 0 Å². The van der Waals surface area contributed by atoms with E-state index in [-0.39, 0.29) is 19.4 Å². The van der Waals surface area contributed by atoms with Crippen molar-refractivity contribution < 1.29 is 24.9 Å². The van der Waals surface area contributed by atoms with Gasteiger partial charge in [0.25, 0.3) is 5.91 Å². The highest BCUT2D eigenvalue weighted by molar-refractivity contribution is 5.95. The molecule has 0 spiro atoms. The second-order valence-electron chi connectivity index (χ2n) is 8.94. The number of fused-ring (bicyclic) bond motifs is 1. The van der Waals surface area contributed by atoms with Gasteiger partial charge >= 0.3 is 0 Å². The van der Waals surface area contributed by atoms with E-state index in [4.69, 9.17) is 13.9 Å². The Labute approximate surface area is 207 Å². The summed E-state index contributed by atoms with van der Waals surface area (Å²) in [6, 6.07) is 13.1. The summed E-state index contributed by atoms with van der Waals surface area (Å²) in [6.07, 6.45) is 6.92. The van der Waals surface area contributed by atoms with E-state index < -0.39 is 0 Å². The largest absolute Gasteiger partial charge is 0.496 e. The monoisotopic (exact) mass is 481 g/mol. The number of ether oxygens (including phenoxy) is 2. The Kier molecular flexibility index (Phi) is 8.36. The van der Waals surface area contributed by atoms with Gasteiger partial charge in [-0.25, -0.2) is 4.98 Å². The van der Waals surface area contributed by atoms with E-state index in [9.17, 15) is 9.59 Å². The Balaban J connectivity index is 0.000000538. The van der Waals surface area contributed by atoms with Crippen LogP contribution in [-0.4, -0.2) is 61.7 Å². The van der Waals surface area contributed by atoms with Gasteiger partial charge in [0.1, 0.15) is 11.3 Å². The Bertz CT molecular complexity index is 1110. The Morgan fingerprint density at radius 3 is 2.66 bits per heavy atom. The van der Waals surface area contributed by atoms with E-state index in [1.165, 1.54) is 12.8 Å². The number of carbonyl (C=O) groups is 2. The van der Waals surface area contributed by atoms with Gasteiger partial charge in [-0.2, -0.15) is 0 Å². The van der Waals surface area contributed by atoms with Crippen LogP contribution in [0.3, 0.4) is 0 Å². The molecule has 1 aliphatic heterocycles. The average molecular weight is 482 g/mol. The Hall–Kier alpha value is -3.39. The zero-order valence-corrected chi connectivity index (χ0v) is 20.4. The summed E-state index contributed by atoms with van der Waals surface area (Å²) < 4.78 is 16.3. The van der Waals surface area contributed by atoms with Gasteiger partial charge in [-0.3, -0.25) is 9.59 Å². The van der Waals surface area contributed by atoms with Crippen LogP contribution in [-0.2, 0) is 9.53 Å². The molecule has 2 atom stereocenters. The lowest BCUT2D eigenvalue weighted by Crippen LogP contribution is -2.44. The third-order valence-electron chi connectivity index (χ3n) is 6.62. The standard InChI is InChI=1S/C23H25N3O4.C4H8O.H2/c1-26(17-7-5-6-16(13-17)24-14-27)23(28)15-10-11-18(21(12-15)29-2)22-25-19-8-3-4-9-20(19)30-22;1-2-4-5-3-1;/h3-4,8-12,14,16-17H,5-7,13H2,1-2H3,(H,24,27);1-4H2;1H/t16-,17+;;/m0../s1. The average Bonchev–Trinajstić information content (AvgIpc) is 3.61. The fourth-order valence-corrected chi connectivity index (χ4v) is 4.63. The molecular weight excluding hydrogens is 446 g/mol. The lowest BCUT2D eigenvalue weighted by Gasteiger charge is -2.35. The SMILES string of the molecule is C1CCOC1.COc1cc(C(=O)N(C)[C@@H]2CCC[C@H](NC=O)C2)ccc1-c1nc2ccccc2o1.[HH]. The van der Waals surface area contributed by atoms with E-state index in [0.29, 0.717) is 28.4 Å². The van der Waals surface area contributed by atoms with Gasteiger partial charge in [-0.1, -0.05) is 12.1 Å². The number of hydrogen-bond donors (Lipinski definition) is 1. The van der Waals surface area contributed by atoms with Crippen LogP contribution in [0.4, 0.5) is 0 Å². The maximum atomic E-state index is 13.1. The van der Waals surface area contributed by atoms with Crippen molar-refractivity contribution >= 4 is 23.4 Å². The molecule has 1 saturated heterocycles. The first-order chi connectivity index (χ1) is 17.1. The van der Waals surface area contributed by atoms with Gasteiger partial charge in [-0.05, 0) is 68.9 Å². The Morgan fingerprint density at radius 1 is 1.17 bits per heavy atom. The molecule has 2 heterocycles. The van der Waals surface area contributed by atoms with Crippen molar-refractivity contribution in [1.82, 2.24) is 15.2 Å². The van der Waals surface area contributed by atoms with Crippen LogP contribution in [0.15, 0.2) is 46.9 Å². The number of nitrogens with zero attached hydrogens (tertiary/aromatic N) is 2. The molecule has 1 saturated carbocycles. The lowest BCUT2D eigenvalue weighted by molar-refractivity contribution is -0.110. The van der Waals surface area contributed by atoms with Crippen LogP contribution in [0.5, 0.6) is 5.75 Å². The molecule has 3 aromatic rings. The zero-order valence-electron chi connectivity index (χ0n) is 20.4. The molecule has 8 heteroatoms. The highest BCUT2D eigenvalue weighted by Crippen LogP contribution is 2.33. The van der Waals surface area contributed by atoms with E-state index >= 15 is 0 Å². The maximum Gasteiger partial charge on any atom is 0.253 e. The van der Waals surface area contributed by atoms with Crippen molar-refractivity contribution in [2.45, 2.75) is 50.6 Å². The van der Waals surface area contributed by atoms with Gasteiger partial charge in [0, 0.05) is 39.3 Å². The summed E-state index contributed by atoms with van der Waals surface area (Å²) in [5.74, 6) is 0.912. The quantitative estimate of drug-likeness (QED) is 0.514. The van der Waals surface area contributed by atoms with Gasteiger partial charge in [0.05, 0.1) is 12.7 Å².